The maximum Gasteiger partial charge on any atom is 0.336 e. The van der Waals surface area contributed by atoms with E-state index in [1.54, 1.807) is 13.0 Å². The van der Waals surface area contributed by atoms with E-state index in [0.29, 0.717) is 16.8 Å². The maximum atomic E-state index is 11.8. The van der Waals surface area contributed by atoms with Crippen molar-refractivity contribution in [3.8, 4) is 0 Å². The Labute approximate surface area is 120 Å². The monoisotopic (exact) mass is 290 g/mol. The largest absolute Gasteiger partial charge is 0.336 e. The number of hydrogen-bond donors (Lipinski definition) is 2. The summed E-state index contributed by atoms with van der Waals surface area (Å²) in [4.78, 5) is 33.9. The number of carbonyl (C=O) groups is 2. The molecule has 0 bridgehead atoms. The average Bonchev–Trinajstić information content (AvgIpc) is 2.44. The lowest BCUT2D eigenvalue weighted by Gasteiger charge is -2.32. The number of nitrogens with zero attached hydrogens (tertiary/aromatic N) is 2. The van der Waals surface area contributed by atoms with E-state index in [4.69, 9.17) is 5.84 Å². The zero-order valence-corrected chi connectivity index (χ0v) is 11.5. The first kappa shape index (κ1) is 14.7. The Kier molecular flexibility index (Phi) is 3.72. The van der Waals surface area contributed by atoms with Gasteiger partial charge in [-0.05, 0) is 19.4 Å². The number of hydrogen-bond acceptors (Lipinski definition) is 5. The van der Waals surface area contributed by atoms with Crippen LogP contribution in [0.2, 0.25) is 0 Å². The number of nitrogens with one attached hydrogen (secondary N) is 1. The van der Waals surface area contributed by atoms with Crippen LogP contribution in [0.25, 0.3) is 0 Å². The molecule has 1 atom stereocenters. The fourth-order valence-electron chi connectivity index (χ4n) is 2.28. The number of nitrogens with two attached hydrogens (primary N) is 1. The third-order valence-electron chi connectivity index (χ3n) is 3.32. The molecule has 0 saturated heterocycles. The van der Waals surface area contributed by atoms with Crippen molar-refractivity contribution in [2.24, 2.45) is 5.84 Å². The summed E-state index contributed by atoms with van der Waals surface area (Å²) < 4.78 is 0. The van der Waals surface area contributed by atoms with Crippen molar-refractivity contribution in [3.63, 3.8) is 0 Å². The molecule has 2 rings (SSSR count). The number of rotatable bonds is 3. The number of nitro groups is 1. The lowest BCUT2D eigenvalue weighted by Crippen LogP contribution is -2.50. The number of hydrazine groups is 1. The molecule has 3 N–H and O–H groups in total. The molecule has 2 amide bonds. The Hall–Kier alpha value is -2.74. The van der Waals surface area contributed by atoms with Crippen LogP contribution in [0.5, 0.6) is 0 Å². The number of allylic oxidation sites excluding steroid dienone is 1. The zero-order valence-electron chi connectivity index (χ0n) is 11.5. The molecule has 110 valence electrons. The van der Waals surface area contributed by atoms with Gasteiger partial charge >= 0.3 is 6.03 Å². The lowest BCUT2D eigenvalue weighted by molar-refractivity contribution is -0.384. The molecule has 8 heteroatoms. The molecule has 0 fully saturated rings. The normalized spacial score (nSPS) is 18.5. The van der Waals surface area contributed by atoms with Crippen LogP contribution in [-0.2, 0) is 4.79 Å². The second-order valence-corrected chi connectivity index (χ2v) is 4.66. The standard InChI is InChI=1S/C13H14N4O4/c1-7-11(8(2)18)12(15-13(19)16(7)14)9-4-3-5-10(6-9)17(20)21/h3-6,12H,14H2,1-2H3,(H,15,19)/t12-/m0/s1. The fraction of sp³-hybridized carbons (Fsp3) is 0.231. The van der Waals surface area contributed by atoms with Crippen molar-refractivity contribution in [2.45, 2.75) is 19.9 Å². The fourth-order valence-corrected chi connectivity index (χ4v) is 2.28. The number of Topliss-reactive ketones (excluding diaryl/α,β-unsaturated/α-hetero) is 1. The number of amides is 2. The van der Waals surface area contributed by atoms with Gasteiger partial charge in [0.15, 0.2) is 5.78 Å². The van der Waals surface area contributed by atoms with Crippen LogP contribution in [0.4, 0.5) is 10.5 Å². The molecule has 1 aromatic rings. The Morgan fingerprint density at radius 2 is 2.14 bits per heavy atom. The lowest BCUT2D eigenvalue weighted by atomic mass is 9.92. The minimum atomic E-state index is -0.755. The Morgan fingerprint density at radius 3 is 2.71 bits per heavy atom. The molecule has 1 heterocycles. The van der Waals surface area contributed by atoms with Crippen LogP contribution in [-0.4, -0.2) is 21.7 Å². The molecule has 0 radical (unpaired) electrons. The number of non-ortho nitro benzene ring substituents is 1. The van der Waals surface area contributed by atoms with Crippen LogP contribution < -0.4 is 11.2 Å². The number of nitro benzene ring substituents is 1. The molecule has 0 aromatic heterocycles. The molecule has 0 aliphatic carbocycles. The van der Waals surface area contributed by atoms with Gasteiger partial charge in [-0.3, -0.25) is 14.9 Å². The van der Waals surface area contributed by atoms with Gasteiger partial charge in [-0.2, -0.15) is 0 Å². The van der Waals surface area contributed by atoms with Crippen molar-refractivity contribution in [2.75, 3.05) is 0 Å². The number of carbonyl (C=O) groups excluding carboxylic acids is 2. The highest BCUT2D eigenvalue weighted by Gasteiger charge is 2.33. The van der Waals surface area contributed by atoms with Crippen LogP contribution in [0.15, 0.2) is 35.5 Å². The van der Waals surface area contributed by atoms with E-state index < -0.39 is 17.0 Å². The number of urea groups is 1. The summed E-state index contributed by atoms with van der Waals surface area (Å²) in [5.74, 6) is 5.31. The summed E-state index contributed by atoms with van der Waals surface area (Å²) >= 11 is 0. The van der Waals surface area contributed by atoms with E-state index in [0.717, 1.165) is 5.01 Å². The van der Waals surface area contributed by atoms with E-state index in [1.165, 1.54) is 25.1 Å². The Bertz CT molecular complexity index is 668. The first-order chi connectivity index (χ1) is 9.82. The molecule has 21 heavy (non-hydrogen) atoms. The predicted octanol–water partition coefficient (Wildman–Crippen LogP) is 1.40. The molecule has 0 spiro atoms. The minimum absolute atomic E-state index is 0.113. The van der Waals surface area contributed by atoms with E-state index in [2.05, 4.69) is 5.32 Å². The quantitative estimate of drug-likeness (QED) is 0.377. The molecule has 1 aliphatic rings. The van der Waals surface area contributed by atoms with Gasteiger partial charge in [0.1, 0.15) is 0 Å². The van der Waals surface area contributed by atoms with E-state index in [-0.39, 0.29) is 11.5 Å². The first-order valence-electron chi connectivity index (χ1n) is 6.14. The third kappa shape index (κ3) is 2.61. The van der Waals surface area contributed by atoms with Gasteiger partial charge in [0.05, 0.1) is 11.0 Å². The van der Waals surface area contributed by atoms with E-state index in [9.17, 15) is 19.7 Å². The highest BCUT2D eigenvalue weighted by molar-refractivity contribution is 5.98. The summed E-state index contributed by atoms with van der Waals surface area (Å²) in [7, 11) is 0. The van der Waals surface area contributed by atoms with Gasteiger partial charge in [-0.15, -0.1) is 0 Å². The smallest absolute Gasteiger partial charge is 0.325 e. The summed E-state index contributed by atoms with van der Waals surface area (Å²) in [6.07, 6.45) is 0. The van der Waals surface area contributed by atoms with Gasteiger partial charge in [0.2, 0.25) is 0 Å². The molecular formula is C13H14N4O4. The van der Waals surface area contributed by atoms with E-state index in [1.807, 2.05) is 0 Å². The van der Waals surface area contributed by atoms with Gasteiger partial charge in [-0.25, -0.2) is 15.6 Å². The maximum absolute atomic E-state index is 11.8. The molecule has 1 aromatic carbocycles. The second kappa shape index (κ2) is 5.33. The van der Waals surface area contributed by atoms with Crippen LogP contribution >= 0.6 is 0 Å². The predicted molar refractivity (Wildman–Crippen MR) is 73.8 cm³/mol. The van der Waals surface area contributed by atoms with E-state index >= 15 is 0 Å². The molecular weight excluding hydrogens is 276 g/mol. The number of ketones is 1. The SMILES string of the molecule is CC(=O)C1=C(C)N(N)C(=O)N[C@H]1c1cccc([N+](=O)[O-])c1. The van der Waals surface area contributed by atoms with Crippen molar-refractivity contribution in [1.82, 2.24) is 10.3 Å². The van der Waals surface area contributed by atoms with Gasteiger partial charge in [-0.1, -0.05) is 12.1 Å². The highest BCUT2D eigenvalue weighted by atomic mass is 16.6. The molecule has 1 aliphatic heterocycles. The highest BCUT2D eigenvalue weighted by Crippen LogP contribution is 2.31. The van der Waals surface area contributed by atoms with Gasteiger partial charge < -0.3 is 5.32 Å². The third-order valence-corrected chi connectivity index (χ3v) is 3.32. The van der Waals surface area contributed by atoms with Crippen molar-refractivity contribution in [3.05, 3.63) is 51.2 Å². The topological polar surface area (TPSA) is 119 Å². The number of benzene rings is 1. The summed E-state index contributed by atoms with van der Waals surface area (Å²) in [5, 5.41) is 14.3. The Morgan fingerprint density at radius 1 is 1.48 bits per heavy atom. The van der Waals surface area contributed by atoms with Crippen molar-refractivity contribution in [1.29, 1.82) is 0 Å². The minimum Gasteiger partial charge on any atom is -0.325 e. The summed E-state index contributed by atoms with van der Waals surface area (Å²) in [5.41, 5.74) is 0.966. The molecule has 8 nitrogen and oxygen atoms in total. The summed E-state index contributed by atoms with van der Waals surface area (Å²) in [6, 6.07) is 4.45. The zero-order chi connectivity index (χ0) is 15.7. The van der Waals surface area contributed by atoms with Crippen LogP contribution in [0, 0.1) is 10.1 Å². The van der Waals surface area contributed by atoms with Gasteiger partial charge in [0.25, 0.3) is 5.69 Å². The van der Waals surface area contributed by atoms with Crippen molar-refractivity contribution < 1.29 is 14.5 Å². The summed E-state index contributed by atoms with van der Waals surface area (Å²) in [6.45, 7) is 2.91. The molecule has 0 unspecified atom stereocenters. The van der Waals surface area contributed by atoms with Gasteiger partial charge in [0, 0.05) is 23.4 Å². The van der Waals surface area contributed by atoms with Crippen LogP contribution in [0.3, 0.4) is 0 Å². The van der Waals surface area contributed by atoms with Crippen molar-refractivity contribution >= 4 is 17.5 Å². The van der Waals surface area contributed by atoms with Crippen LogP contribution in [0.1, 0.15) is 25.5 Å². The average molecular weight is 290 g/mol. The molecule has 0 saturated carbocycles. The first-order valence-corrected chi connectivity index (χ1v) is 6.14. The second-order valence-electron chi connectivity index (χ2n) is 4.66. The Balaban J connectivity index is 2.56.